The van der Waals surface area contributed by atoms with E-state index in [9.17, 15) is 9.59 Å². The quantitative estimate of drug-likeness (QED) is 0.531. The summed E-state index contributed by atoms with van der Waals surface area (Å²) < 4.78 is 5.15. The molecule has 0 aromatic heterocycles. The Kier molecular flexibility index (Phi) is 6.79. The first-order chi connectivity index (χ1) is 13.5. The summed E-state index contributed by atoms with van der Waals surface area (Å²) in [6.07, 6.45) is 1.45. The largest absolute Gasteiger partial charge is 0.497 e. The third kappa shape index (κ3) is 4.96. The van der Waals surface area contributed by atoms with Crippen LogP contribution in [0.15, 0.2) is 47.4 Å². The number of methoxy groups -OCH3 is 1. The lowest BCUT2D eigenvalue weighted by Gasteiger charge is -2.31. The fourth-order valence-electron chi connectivity index (χ4n) is 3.48. The van der Waals surface area contributed by atoms with Crippen molar-refractivity contribution >= 4 is 23.5 Å². The molecule has 0 bridgehead atoms. The number of ether oxygens (including phenoxy) is 1. The molecule has 1 aliphatic heterocycles. The van der Waals surface area contributed by atoms with E-state index in [-0.39, 0.29) is 17.6 Å². The number of hydrogen-bond acceptors (Lipinski definition) is 4. The number of amides is 1. The van der Waals surface area contributed by atoms with Crippen LogP contribution in [-0.4, -0.2) is 42.5 Å². The first kappa shape index (κ1) is 20.5. The summed E-state index contributed by atoms with van der Waals surface area (Å²) in [7, 11) is 1.61. The maximum atomic E-state index is 12.7. The van der Waals surface area contributed by atoms with Crippen molar-refractivity contribution in [2.75, 3.05) is 26.0 Å². The molecule has 1 aliphatic rings. The number of rotatable bonds is 6. The van der Waals surface area contributed by atoms with Crippen molar-refractivity contribution < 1.29 is 14.3 Å². The lowest BCUT2D eigenvalue weighted by Crippen LogP contribution is -2.41. The highest BCUT2D eigenvalue weighted by atomic mass is 32.2. The number of benzene rings is 2. The molecule has 1 amide bonds. The summed E-state index contributed by atoms with van der Waals surface area (Å²) in [4.78, 5) is 28.4. The van der Waals surface area contributed by atoms with Gasteiger partial charge < -0.3 is 9.64 Å². The van der Waals surface area contributed by atoms with Crippen LogP contribution < -0.4 is 4.74 Å². The normalized spacial score (nSPS) is 14.8. The van der Waals surface area contributed by atoms with Crippen molar-refractivity contribution in [1.29, 1.82) is 0 Å². The maximum absolute atomic E-state index is 12.7. The molecule has 0 unspecified atom stereocenters. The molecule has 4 nitrogen and oxygen atoms in total. The topological polar surface area (TPSA) is 46.6 Å². The Hall–Kier alpha value is -2.27. The predicted molar refractivity (Wildman–Crippen MR) is 113 cm³/mol. The smallest absolute Gasteiger partial charge is 0.232 e. The Morgan fingerprint density at radius 1 is 1.07 bits per heavy atom. The highest BCUT2D eigenvalue weighted by molar-refractivity contribution is 8.00. The summed E-state index contributed by atoms with van der Waals surface area (Å²) in [6.45, 7) is 5.44. The fraction of sp³-hybridized carbons (Fsp3) is 0.391. The second kappa shape index (κ2) is 9.28. The number of carbonyl (C=O) groups is 2. The van der Waals surface area contributed by atoms with Crippen molar-refractivity contribution in [3.63, 3.8) is 0 Å². The summed E-state index contributed by atoms with van der Waals surface area (Å²) in [6, 6.07) is 13.6. The highest BCUT2D eigenvalue weighted by Crippen LogP contribution is 2.26. The van der Waals surface area contributed by atoms with E-state index in [1.807, 2.05) is 29.2 Å². The number of ketones is 1. The van der Waals surface area contributed by atoms with E-state index in [1.165, 1.54) is 11.1 Å². The Balaban J connectivity index is 1.50. The van der Waals surface area contributed by atoms with E-state index in [2.05, 4.69) is 32.0 Å². The molecule has 2 aromatic rings. The van der Waals surface area contributed by atoms with Crippen LogP contribution in [0.2, 0.25) is 0 Å². The van der Waals surface area contributed by atoms with Gasteiger partial charge in [-0.1, -0.05) is 17.7 Å². The molecule has 0 N–H and O–H groups in total. The number of hydrogen-bond donors (Lipinski definition) is 0. The summed E-state index contributed by atoms with van der Waals surface area (Å²) in [5, 5.41) is 0. The van der Waals surface area contributed by atoms with E-state index >= 15 is 0 Å². The number of thioether (sulfide) groups is 1. The highest BCUT2D eigenvalue weighted by Gasteiger charge is 2.28. The van der Waals surface area contributed by atoms with E-state index in [0.29, 0.717) is 18.8 Å². The summed E-state index contributed by atoms with van der Waals surface area (Å²) in [5.41, 5.74) is 3.13. The van der Waals surface area contributed by atoms with Crippen molar-refractivity contribution in [3.05, 3.63) is 59.2 Å². The molecule has 0 saturated carbocycles. The molecule has 1 saturated heterocycles. The zero-order chi connectivity index (χ0) is 20.1. The van der Waals surface area contributed by atoms with Crippen molar-refractivity contribution in [2.45, 2.75) is 31.6 Å². The Bertz CT molecular complexity index is 839. The van der Waals surface area contributed by atoms with Crippen LogP contribution in [0.4, 0.5) is 0 Å². The molecule has 0 spiro atoms. The van der Waals surface area contributed by atoms with E-state index in [0.717, 1.165) is 29.1 Å². The van der Waals surface area contributed by atoms with Gasteiger partial charge in [-0.2, -0.15) is 0 Å². The zero-order valence-corrected chi connectivity index (χ0v) is 17.6. The fourth-order valence-corrected chi connectivity index (χ4v) is 4.50. The van der Waals surface area contributed by atoms with Gasteiger partial charge in [0.15, 0.2) is 5.78 Å². The van der Waals surface area contributed by atoms with Crippen molar-refractivity contribution in [1.82, 2.24) is 4.90 Å². The van der Waals surface area contributed by atoms with Gasteiger partial charge in [-0.3, -0.25) is 9.59 Å². The van der Waals surface area contributed by atoms with Crippen LogP contribution in [0.1, 0.15) is 34.3 Å². The van der Waals surface area contributed by atoms with Crippen LogP contribution in [0, 0.1) is 19.8 Å². The molecular formula is C23H27NO3S. The average molecular weight is 398 g/mol. The Labute approximate surface area is 171 Å². The molecule has 3 rings (SSSR count). The van der Waals surface area contributed by atoms with Gasteiger partial charge in [-0.15, -0.1) is 11.8 Å². The number of nitrogens with zero attached hydrogens (tertiary/aromatic N) is 1. The van der Waals surface area contributed by atoms with E-state index in [4.69, 9.17) is 4.74 Å². The minimum absolute atomic E-state index is 0.0101. The van der Waals surface area contributed by atoms with Crippen LogP contribution in [-0.2, 0) is 4.79 Å². The standard InChI is InChI=1S/C23H27NO3S/c1-16-4-5-17(2)21(14-16)28-15-22(25)24-12-10-19(11-13-24)23(26)18-6-8-20(27-3)9-7-18/h4-9,14,19H,10-13,15H2,1-3H3. The zero-order valence-electron chi connectivity index (χ0n) is 16.7. The SMILES string of the molecule is COc1ccc(C(=O)C2CCN(C(=O)CSc3cc(C)ccc3C)CC2)cc1. The van der Waals surface area contributed by atoms with Gasteiger partial charge >= 0.3 is 0 Å². The molecule has 28 heavy (non-hydrogen) atoms. The third-order valence-electron chi connectivity index (χ3n) is 5.29. The Morgan fingerprint density at radius 3 is 2.39 bits per heavy atom. The molecule has 1 heterocycles. The van der Waals surface area contributed by atoms with E-state index in [1.54, 1.807) is 18.9 Å². The van der Waals surface area contributed by atoms with Gasteiger partial charge in [0.25, 0.3) is 0 Å². The average Bonchev–Trinajstić information content (AvgIpc) is 2.73. The molecule has 1 fully saturated rings. The molecule has 148 valence electrons. The van der Waals surface area contributed by atoms with Gasteiger partial charge in [-0.25, -0.2) is 0 Å². The number of likely N-dealkylation sites (tertiary alicyclic amines) is 1. The molecule has 2 aromatic carbocycles. The van der Waals surface area contributed by atoms with Gasteiger partial charge in [0, 0.05) is 29.5 Å². The molecule has 0 aliphatic carbocycles. The summed E-state index contributed by atoms with van der Waals surface area (Å²) in [5.74, 6) is 1.50. The van der Waals surface area contributed by atoms with Crippen molar-refractivity contribution in [2.24, 2.45) is 5.92 Å². The van der Waals surface area contributed by atoms with Gasteiger partial charge in [-0.05, 0) is 62.6 Å². The van der Waals surface area contributed by atoms with Crippen LogP contribution in [0.3, 0.4) is 0 Å². The van der Waals surface area contributed by atoms with Gasteiger partial charge in [0.05, 0.1) is 12.9 Å². The van der Waals surface area contributed by atoms with Crippen LogP contribution in [0.5, 0.6) is 5.75 Å². The monoisotopic (exact) mass is 397 g/mol. The second-order valence-corrected chi connectivity index (χ2v) is 8.32. The van der Waals surface area contributed by atoms with Crippen LogP contribution in [0.25, 0.3) is 0 Å². The van der Waals surface area contributed by atoms with Gasteiger partial charge in [0.1, 0.15) is 5.75 Å². The number of Topliss-reactive ketones (excluding diaryl/α,β-unsaturated/α-hetero) is 1. The minimum Gasteiger partial charge on any atom is -0.497 e. The number of aryl methyl sites for hydroxylation is 2. The van der Waals surface area contributed by atoms with Gasteiger partial charge in [0.2, 0.25) is 5.91 Å². The number of carbonyl (C=O) groups excluding carboxylic acids is 2. The Morgan fingerprint density at radius 2 is 1.75 bits per heavy atom. The molecule has 0 radical (unpaired) electrons. The molecule has 0 atom stereocenters. The van der Waals surface area contributed by atoms with E-state index < -0.39 is 0 Å². The first-order valence-electron chi connectivity index (χ1n) is 9.64. The molecular weight excluding hydrogens is 370 g/mol. The third-order valence-corrected chi connectivity index (χ3v) is 6.43. The first-order valence-corrected chi connectivity index (χ1v) is 10.6. The van der Waals surface area contributed by atoms with Crippen molar-refractivity contribution in [3.8, 4) is 5.75 Å². The second-order valence-electron chi connectivity index (χ2n) is 7.31. The maximum Gasteiger partial charge on any atom is 0.232 e. The lowest BCUT2D eigenvalue weighted by molar-refractivity contribution is -0.129. The lowest BCUT2D eigenvalue weighted by atomic mass is 9.89. The number of piperidine rings is 1. The molecule has 5 heteroatoms. The minimum atomic E-state index is -0.0101. The van der Waals surface area contributed by atoms with Crippen LogP contribution >= 0.6 is 11.8 Å². The predicted octanol–water partition coefficient (Wildman–Crippen LogP) is 4.53. The summed E-state index contributed by atoms with van der Waals surface area (Å²) >= 11 is 1.60.